The second-order valence-electron chi connectivity index (χ2n) is 4.35. The van der Waals surface area contributed by atoms with E-state index >= 15 is 0 Å². The van der Waals surface area contributed by atoms with E-state index < -0.39 is 34.3 Å². The molecule has 0 radical (unpaired) electrons. The number of hydrogen-bond acceptors (Lipinski definition) is 5. The van der Waals surface area contributed by atoms with E-state index in [2.05, 4.69) is 9.97 Å². The van der Waals surface area contributed by atoms with E-state index in [-0.39, 0.29) is 23.6 Å². The zero-order chi connectivity index (χ0) is 14.0. The van der Waals surface area contributed by atoms with Crippen LogP contribution < -0.4 is 0 Å². The number of nitrogens with zero attached hydrogens (tertiary/aromatic N) is 2. The number of carboxylic acids is 1. The van der Waals surface area contributed by atoms with Crippen molar-refractivity contribution in [2.24, 2.45) is 0 Å². The normalized spacial score (nSPS) is 21.2. The van der Waals surface area contributed by atoms with Crippen molar-refractivity contribution in [3.05, 3.63) is 18.2 Å². The molecule has 0 bridgehead atoms. The molecule has 1 unspecified atom stereocenters. The van der Waals surface area contributed by atoms with Crippen LogP contribution in [0.5, 0.6) is 0 Å². The van der Waals surface area contributed by atoms with Crippen molar-refractivity contribution < 1.29 is 23.1 Å². The Morgan fingerprint density at radius 2 is 2.26 bits per heavy atom. The Balaban J connectivity index is 2.21. The summed E-state index contributed by atoms with van der Waals surface area (Å²) in [6, 6.07) is -0.600. The highest BCUT2D eigenvalue weighted by Crippen LogP contribution is 2.19. The predicted molar refractivity (Wildman–Crippen MR) is 64.3 cm³/mol. The van der Waals surface area contributed by atoms with E-state index in [0.29, 0.717) is 0 Å². The highest BCUT2D eigenvalue weighted by molar-refractivity contribution is 7.91. The van der Waals surface area contributed by atoms with Gasteiger partial charge in [0.15, 0.2) is 9.84 Å². The topological polar surface area (TPSA) is 120 Å². The lowest BCUT2D eigenvalue weighted by atomic mass is 10.2. The van der Waals surface area contributed by atoms with Gasteiger partial charge in [-0.2, -0.15) is 0 Å². The molecule has 0 aromatic carbocycles. The maximum Gasteiger partial charge on any atom is 0.323 e. The zero-order valence-corrected chi connectivity index (χ0v) is 10.8. The van der Waals surface area contributed by atoms with E-state index in [9.17, 15) is 18.0 Å². The molecular weight excluding hydrogens is 274 g/mol. The molecule has 2 heterocycles. The number of carbonyl (C=O) groups is 2. The number of aliphatic carboxylic acids is 1. The molecule has 1 atom stereocenters. The Kier molecular flexibility index (Phi) is 3.56. The van der Waals surface area contributed by atoms with Gasteiger partial charge in [-0.25, -0.2) is 13.4 Å². The van der Waals surface area contributed by atoms with Crippen LogP contribution in [0, 0.1) is 0 Å². The summed E-state index contributed by atoms with van der Waals surface area (Å²) in [7, 11) is -3.19. The maximum absolute atomic E-state index is 12.1. The number of aromatic amines is 1. The fourth-order valence-electron chi connectivity index (χ4n) is 2.06. The van der Waals surface area contributed by atoms with Gasteiger partial charge in [0.2, 0.25) is 0 Å². The third-order valence-corrected chi connectivity index (χ3v) is 4.69. The van der Waals surface area contributed by atoms with E-state index in [1.54, 1.807) is 0 Å². The van der Waals surface area contributed by atoms with Crippen LogP contribution >= 0.6 is 0 Å². The first-order chi connectivity index (χ1) is 8.89. The number of rotatable bonds is 4. The molecular formula is C10H13N3O5S. The summed E-state index contributed by atoms with van der Waals surface area (Å²) in [5.41, 5.74) is 0.144. The maximum atomic E-state index is 12.1. The zero-order valence-electron chi connectivity index (χ0n) is 9.94. The largest absolute Gasteiger partial charge is 0.480 e. The summed E-state index contributed by atoms with van der Waals surface area (Å²) in [6.07, 6.45) is 2.84. The van der Waals surface area contributed by atoms with Gasteiger partial charge in [-0.15, -0.1) is 0 Å². The minimum absolute atomic E-state index is 0.0238. The van der Waals surface area contributed by atoms with Crippen molar-refractivity contribution in [1.29, 1.82) is 0 Å². The minimum atomic E-state index is -3.19. The van der Waals surface area contributed by atoms with E-state index in [1.165, 1.54) is 12.5 Å². The first-order valence-electron chi connectivity index (χ1n) is 5.60. The number of hydrogen-bond donors (Lipinski definition) is 2. The number of sulfone groups is 1. The van der Waals surface area contributed by atoms with Crippen molar-refractivity contribution >= 4 is 21.7 Å². The van der Waals surface area contributed by atoms with Gasteiger partial charge in [0.05, 0.1) is 24.0 Å². The monoisotopic (exact) mass is 287 g/mol. The standard InChI is InChI=1S/C10H13N3O5S/c14-9(15)4-13(7-1-2-19(17,18)5-7)10(16)8-3-11-6-12-8/h3,6-7H,1-2,4-5H2,(H,11,12)(H,14,15). The lowest BCUT2D eigenvalue weighted by molar-refractivity contribution is -0.138. The summed E-state index contributed by atoms with van der Waals surface area (Å²) in [5.74, 6) is -1.95. The van der Waals surface area contributed by atoms with Crippen LogP contribution in [0.25, 0.3) is 0 Å². The molecule has 1 saturated heterocycles. The second-order valence-corrected chi connectivity index (χ2v) is 6.58. The average molecular weight is 287 g/mol. The molecule has 9 heteroatoms. The fourth-order valence-corrected chi connectivity index (χ4v) is 3.79. The highest BCUT2D eigenvalue weighted by Gasteiger charge is 2.36. The van der Waals surface area contributed by atoms with E-state index in [0.717, 1.165) is 4.90 Å². The van der Waals surface area contributed by atoms with Gasteiger partial charge in [0, 0.05) is 6.04 Å². The number of amides is 1. The first-order valence-corrected chi connectivity index (χ1v) is 7.43. The number of carboxylic acid groups (broad SMARTS) is 1. The van der Waals surface area contributed by atoms with Gasteiger partial charge < -0.3 is 15.0 Å². The lowest BCUT2D eigenvalue weighted by Crippen LogP contribution is -2.44. The van der Waals surface area contributed by atoms with Crippen LogP contribution in [0.2, 0.25) is 0 Å². The number of H-pyrrole nitrogens is 1. The molecule has 1 aromatic heterocycles. The highest BCUT2D eigenvalue weighted by atomic mass is 32.2. The van der Waals surface area contributed by atoms with Gasteiger partial charge in [-0.05, 0) is 6.42 Å². The summed E-state index contributed by atoms with van der Waals surface area (Å²) < 4.78 is 22.9. The Hall–Kier alpha value is -1.90. The van der Waals surface area contributed by atoms with Crippen LogP contribution in [0.4, 0.5) is 0 Å². The average Bonchev–Trinajstić information content (AvgIpc) is 2.94. The SMILES string of the molecule is O=C(O)CN(C(=O)c1cnc[nH]1)C1CCS(=O)(=O)C1. The molecule has 2 rings (SSSR count). The fraction of sp³-hybridized carbons (Fsp3) is 0.500. The van der Waals surface area contributed by atoms with E-state index in [4.69, 9.17) is 5.11 Å². The lowest BCUT2D eigenvalue weighted by Gasteiger charge is -2.25. The summed E-state index contributed by atoms with van der Waals surface area (Å²) in [4.78, 5) is 30.3. The van der Waals surface area contributed by atoms with Crippen molar-refractivity contribution in [3.63, 3.8) is 0 Å². The van der Waals surface area contributed by atoms with Gasteiger partial charge in [0.25, 0.3) is 5.91 Å². The van der Waals surface area contributed by atoms with Gasteiger partial charge >= 0.3 is 5.97 Å². The molecule has 19 heavy (non-hydrogen) atoms. The minimum Gasteiger partial charge on any atom is -0.480 e. The first kappa shape index (κ1) is 13.5. The van der Waals surface area contributed by atoms with Gasteiger partial charge in [0.1, 0.15) is 12.2 Å². The number of carbonyl (C=O) groups excluding carboxylic acids is 1. The Bertz CT molecular complexity index is 580. The number of aromatic nitrogens is 2. The van der Waals surface area contributed by atoms with Crippen LogP contribution in [-0.2, 0) is 14.6 Å². The summed E-state index contributed by atoms with van der Waals surface area (Å²) in [6.45, 7) is -0.530. The number of imidazole rings is 1. The van der Waals surface area contributed by atoms with E-state index in [1.807, 2.05) is 0 Å². The Morgan fingerprint density at radius 1 is 1.53 bits per heavy atom. The van der Waals surface area contributed by atoms with Crippen LogP contribution in [0.1, 0.15) is 16.9 Å². The second kappa shape index (κ2) is 5.00. The molecule has 1 aliphatic heterocycles. The molecule has 1 aliphatic rings. The molecule has 1 amide bonds. The van der Waals surface area contributed by atoms with Gasteiger partial charge in [-0.3, -0.25) is 9.59 Å². The Labute approximate surface area is 109 Å². The quantitative estimate of drug-likeness (QED) is 0.742. The Morgan fingerprint density at radius 3 is 2.74 bits per heavy atom. The van der Waals surface area contributed by atoms with Crippen LogP contribution in [-0.4, -0.2) is 64.4 Å². The van der Waals surface area contributed by atoms with Gasteiger partial charge in [-0.1, -0.05) is 0 Å². The molecule has 0 saturated carbocycles. The van der Waals surface area contributed by atoms with Crippen molar-refractivity contribution in [3.8, 4) is 0 Å². The molecule has 104 valence electrons. The van der Waals surface area contributed by atoms with Crippen LogP contribution in [0.3, 0.4) is 0 Å². The third-order valence-electron chi connectivity index (χ3n) is 2.94. The smallest absolute Gasteiger partial charge is 0.323 e. The number of nitrogens with one attached hydrogen (secondary N) is 1. The van der Waals surface area contributed by atoms with Crippen molar-refractivity contribution in [1.82, 2.24) is 14.9 Å². The molecule has 1 fully saturated rings. The summed E-state index contributed by atoms with van der Waals surface area (Å²) in [5, 5.41) is 8.85. The van der Waals surface area contributed by atoms with Crippen LogP contribution in [0.15, 0.2) is 12.5 Å². The molecule has 1 aromatic rings. The molecule has 0 aliphatic carbocycles. The van der Waals surface area contributed by atoms with Crippen molar-refractivity contribution in [2.45, 2.75) is 12.5 Å². The third kappa shape index (κ3) is 3.11. The predicted octanol–water partition coefficient (Wildman–Crippen LogP) is -0.876. The van der Waals surface area contributed by atoms with Crippen molar-refractivity contribution in [2.75, 3.05) is 18.1 Å². The molecule has 2 N–H and O–H groups in total. The molecule has 8 nitrogen and oxygen atoms in total. The summed E-state index contributed by atoms with van der Waals surface area (Å²) >= 11 is 0. The molecule has 0 spiro atoms.